The zero-order chi connectivity index (χ0) is 26.9. The summed E-state index contributed by atoms with van der Waals surface area (Å²) < 4.78 is 0. The molecule has 4 aliphatic carbocycles. The van der Waals surface area contributed by atoms with Crippen molar-refractivity contribution in [2.45, 2.75) is 110 Å². The number of halogens is 1. The van der Waals surface area contributed by atoms with Crippen molar-refractivity contribution in [1.82, 2.24) is 9.80 Å². The third kappa shape index (κ3) is 4.60. The Morgan fingerprint density at radius 2 is 1.74 bits per heavy atom. The number of benzene rings is 1. The summed E-state index contributed by atoms with van der Waals surface area (Å²) in [4.78, 5) is 17.9. The summed E-state index contributed by atoms with van der Waals surface area (Å²) in [5.74, 6) is 3.23. The molecule has 0 aromatic heterocycles. The van der Waals surface area contributed by atoms with Crippen molar-refractivity contribution in [2.24, 2.45) is 34.5 Å². The second-order valence-electron chi connectivity index (χ2n) is 14.7. The van der Waals surface area contributed by atoms with E-state index in [1.807, 2.05) is 12.1 Å². The van der Waals surface area contributed by atoms with E-state index in [1.165, 1.54) is 24.8 Å². The summed E-state index contributed by atoms with van der Waals surface area (Å²) in [5, 5.41) is 12.8. The Labute approximate surface area is 235 Å². The monoisotopic (exact) mass is 540 g/mol. The van der Waals surface area contributed by atoms with E-state index in [2.05, 4.69) is 49.6 Å². The molecule has 5 aliphatic rings. The van der Waals surface area contributed by atoms with Gasteiger partial charge in [-0.1, -0.05) is 37.6 Å². The molecule has 4 nitrogen and oxygen atoms in total. The zero-order valence-corrected chi connectivity index (χ0v) is 24.8. The van der Waals surface area contributed by atoms with Gasteiger partial charge in [-0.3, -0.25) is 14.6 Å². The van der Waals surface area contributed by atoms with Crippen molar-refractivity contribution in [3.05, 3.63) is 34.9 Å². The number of rotatable bonds is 4. The van der Waals surface area contributed by atoms with Gasteiger partial charge in [0.05, 0.1) is 5.60 Å². The third-order valence-electron chi connectivity index (χ3n) is 12.5. The number of fused-ring (bicyclic) bond motifs is 5. The van der Waals surface area contributed by atoms with Gasteiger partial charge in [-0.25, -0.2) is 0 Å². The molecule has 38 heavy (non-hydrogen) atoms. The Balaban J connectivity index is 1.10. The van der Waals surface area contributed by atoms with E-state index in [0.29, 0.717) is 35.1 Å². The van der Waals surface area contributed by atoms with Gasteiger partial charge in [0, 0.05) is 55.1 Å². The minimum absolute atomic E-state index is 0.0402. The Morgan fingerprint density at radius 1 is 0.974 bits per heavy atom. The van der Waals surface area contributed by atoms with Crippen LogP contribution in [0.1, 0.15) is 91.0 Å². The van der Waals surface area contributed by atoms with Gasteiger partial charge in [0.2, 0.25) is 0 Å². The molecule has 4 saturated carbocycles. The molecule has 210 valence electrons. The maximum Gasteiger partial charge on any atom is 0.139 e. The molecule has 1 saturated heterocycles. The molecular weight excluding hydrogens is 492 g/mol. The first-order valence-electron chi connectivity index (χ1n) is 15.5. The van der Waals surface area contributed by atoms with Gasteiger partial charge in [-0.15, -0.1) is 0 Å². The largest absolute Gasteiger partial charge is 0.389 e. The molecule has 1 heterocycles. The number of carbonyl (C=O) groups excluding carboxylic acids is 1. The topological polar surface area (TPSA) is 43.8 Å². The van der Waals surface area contributed by atoms with E-state index in [1.54, 1.807) is 0 Å². The lowest BCUT2D eigenvalue weighted by atomic mass is 9.44. The number of Topliss-reactive ketones (excluding diaryl/α,β-unsaturated/α-hetero) is 1. The Kier molecular flexibility index (Phi) is 7.07. The number of hydrogen-bond acceptors (Lipinski definition) is 4. The molecule has 0 bridgehead atoms. The fourth-order valence-corrected chi connectivity index (χ4v) is 10.4. The minimum Gasteiger partial charge on any atom is -0.389 e. The van der Waals surface area contributed by atoms with Crippen LogP contribution in [0, 0.1) is 34.5 Å². The minimum atomic E-state index is -0.577. The van der Waals surface area contributed by atoms with Crippen LogP contribution >= 0.6 is 11.6 Å². The second kappa shape index (κ2) is 9.86. The summed E-state index contributed by atoms with van der Waals surface area (Å²) in [6.45, 7) is 13.3. The molecule has 5 fully saturated rings. The molecule has 1 aromatic rings. The van der Waals surface area contributed by atoms with Crippen LogP contribution in [0.2, 0.25) is 5.02 Å². The average molecular weight is 541 g/mol. The number of nitrogens with zero attached hydrogens (tertiary/aromatic N) is 2. The number of hydrogen-bond donors (Lipinski definition) is 1. The highest BCUT2D eigenvalue weighted by atomic mass is 35.5. The van der Waals surface area contributed by atoms with E-state index in [9.17, 15) is 9.90 Å². The van der Waals surface area contributed by atoms with Gasteiger partial charge < -0.3 is 5.11 Å². The first-order valence-corrected chi connectivity index (χ1v) is 15.9. The predicted molar refractivity (Wildman–Crippen MR) is 154 cm³/mol. The van der Waals surface area contributed by atoms with Crippen LogP contribution in [0.25, 0.3) is 0 Å². The predicted octanol–water partition coefficient (Wildman–Crippen LogP) is 6.58. The molecule has 1 aromatic carbocycles. The van der Waals surface area contributed by atoms with Crippen molar-refractivity contribution in [3.8, 4) is 0 Å². The molecule has 0 radical (unpaired) electrons. The Morgan fingerprint density at radius 3 is 2.53 bits per heavy atom. The normalized spacial score (nSPS) is 45.9. The fourth-order valence-electron chi connectivity index (χ4n) is 10.2. The SMILES string of the molecule is CC1CN(C[C@@]2(O)CC[C@@]3(C)[C@@H](CC[C@@H]4[C@@H]3CC[C@]3(C)C(=O)CC[C@@H]43)C2)C(C)CN1Cc1cccc(Cl)c1. The highest BCUT2D eigenvalue weighted by Gasteiger charge is 2.61. The first-order chi connectivity index (χ1) is 18.0. The number of aliphatic hydroxyl groups is 1. The highest BCUT2D eigenvalue weighted by molar-refractivity contribution is 6.30. The third-order valence-corrected chi connectivity index (χ3v) is 12.8. The standard InChI is InChI=1S/C33H49ClN2O2/c1-22-19-36(23(2)18-35(22)20-24-6-5-7-26(34)16-24)21-33(38)15-14-31(3)25(17-33)8-9-27-28-10-11-30(37)32(28,4)13-12-29(27)31/h5-7,16,22-23,25,27-29,38H,8-15,17-21H2,1-4H3/t22?,23?,25-,27-,28-,29-,31-,32-,33+/m0/s1. The van der Waals surface area contributed by atoms with Crippen LogP contribution in [-0.4, -0.2) is 58.0 Å². The van der Waals surface area contributed by atoms with Crippen molar-refractivity contribution < 1.29 is 9.90 Å². The van der Waals surface area contributed by atoms with Crippen LogP contribution in [0.15, 0.2) is 24.3 Å². The highest BCUT2D eigenvalue weighted by Crippen LogP contribution is 2.66. The second-order valence-corrected chi connectivity index (χ2v) is 15.1. The van der Waals surface area contributed by atoms with E-state index < -0.39 is 5.60 Å². The number of piperazine rings is 1. The van der Waals surface area contributed by atoms with E-state index in [4.69, 9.17) is 11.6 Å². The lowest BCUT2D eigenvalue weighted by molar-refractivity contribution is -0.160. The molecule has 2 unspecified atom stereocenters. The molecule has 6 rings (SSSR count). The molecule has 1 N–H and O–H groups in total. The van der Waals surface area contributed by atoms with Crippen LogP contribution in [-0.2, 0) is 11.3 Å². The number of β-amino-alcohol motifs (C(OH)–C–C–N with tert-alkyl or cyclic N) is 1. The lowest BCUT2D eigenvalue weighted by Gasteiger charge is -2.61. The van der Waals surface area contributed by atoms with E-state index in [-0.39, 0.29) is 5.41 Å². The van der Waals surface area contributed by atoms with E-state index >= 15 is 0 Å². The van der Waals surface area contributed by atoms with Gasteiger partial charge in [-0.2, -0.15) is 0 Å². The van der Waals surface area contributed by atoms with Crippen molar-refractivity contribution in [3.63, 3.8) is 0 Å². The first kappa shape index (κ1) is 27.2. The molecule has 0 spiro atoms. The Bertz CT molecular complexity index is 1060. The molecule has 5 heteroatoms. The summed E-state index contributed by atoms with van der Waals surface area (Å²) in [5.41, 5.74) is 0.987. The van der Waals surface area contributed by atoms with Gasteiger partial charge in [-0.05, 0) is 112 Å². The van der Waals surface area contributed by atoms with Crippen molar-refractivity contribution in [1.29, 1.82) is 0 Å². The molecule has 1 aliphatic heterocycles. The van der Waals surface area contributed by atoms with Crippen LogP contribution in [0.5, 0.6) is 0 Å². The number of carbonyl (C=O) groups is 1. The lowest BCUT2D eigenvalue weighted by Crippen LogP contribution is -2.62. The average Bonchev–Trinajstić information content (AvgIpc) is 3.17. The smallest absolute Gasteiger partial charge is 0.139 e. The van der Waals surface area contributed by atoms with Crippen LogP contribution in [0.3, 0.4) is 0 Å². The van der Waals surface area contributed by atoms with E-state index in [0.717, 1.165) is 81.6 Å². The molecular formula is C33H49ClN2O2. The number of ketones is 1. The Hall–Kier alpha value is -0.940. The maximum atomic E-state index is 12.8. The van der Waals surface area contributed by atoms with Crippen molar-refractivity contribution >= 4 is 17.4 Å². The quantitative estimate of drug-likeness (QED) is 0.468. The summed E-state index contributed by atoms with van der Waals surface area (Å²) in [6.07, 6.45) is 9.78. The molecule has 9 atom stereocenters. The summed E-state index contributed by atoms with van der Waals surface area (Å²) in [6, 6.07) is 9.11. The zero-order valence-electron chi connectivity index (χ0n) is 24.1. The van der Waals surface area contributed by atoms with Crippen LogP contribution in [0.4, 0.5) is 0 Å². The van der Waals surface area contributed by atoms with Gasteiger partial charge in [0.1, 0.15) is 5.78 Å². The molecule has 0 amide bonds. The fraction of sp³-hybridized carbons (Fsp3) is 0.788. The van der Waals surface area contributed by atoms with Gasteiger partial charge in [0.15, 0.2) is 0 Å². The maximum absolute atomic E-state index is 12.8. The summed E-state index contributed by atoms with van der Waals surface area (Å²) >= 11 is 6.24. The van der Waals surface area contributed by atoms with Crippen LogP contribution < -0.4 is 0 Å². The van der Waals surface area contributed by atoms with Crippen molar-refractivity contribution in [2.75, 3.05) is 19.6 Å². The van der Waals surface area contributed by atoms with Gasteiger partial charge >= 0.3 is 0 Å². The van der Waals surface area contributed by atoms with Gasteiger partial charge in [0.25, 0.3) is 0 Å². The summed E-state index contributed by atoms with van der Waals surface area (Å²) in [7, 11) is 0.